The molecule has 0 atom stereocenters. The van der Waals surface area contributed by atoms with Crippen LogP contribution in [0.25, 0.3) is 0 Å². The number of amides is 1. The van der Waals surface area contributed by atoms with Crippen LogP contribution in [0.15, 0.2) is 0 Å². The van der Waals surface area contributed by atoms with Crippen molar-refractivity contribution in [2.24, 2.45) is 5.41 Å². The molecule has 2 N–H and O–H groups in total. The van der Waals surface area contributed by atoms with E-state index in [0.29, 0.717) is 13.1 Å². The highest BCUT2D eigenvalue weighted by molar-refractivity contribution is 5.64. The molecule has 0 bridgehead atoms. The Morgan fingerprint density at radius 3 is 2.47 bits per heavy atom. The highest BCUT2D eigenvalue weighted by Gasteiger charge is 2.38. The van der Waals surface area contributed by atoms with Gasteiger partial charge in [-0.05, 0) is 19.8 Å². The Hall–Kier alpha value is -0.810. The molecule has 19 heavy (non-hydrogen) atoms. The largest absolute Gasteiger partial charge is 0.465 e. The van der Waals surface area contributed by atoms with E-state index in [1.54, 1.807) is 4.90 Å². The average Bonchev–Trinajstić information content (AvgIpc) is 2.85. The Bertz CT molecular complexity index is 297. The van der Waals surface area contributed by atoms with Crippen molar-refractivity contribution >= 4 is 6.09 Å². The third-order valence-corrected chi connectivity index (χ3v) is 4.61. The molecule has 0 radical (unpaired) electrons. The maximum atomic E-state index is 11.3. The van der Waals surface area contributed by atoms with E-state index in [1.807, 2.05) is 6.92 Å². The number of hydrogen-bond acceptors (Lipinski definition) is 3. The van der Waals surface area contributed by atoms with Crippen LogP contribution in [0.1, 0.15) is 32.6 Å². The van der Waals surface area contributed by atoms with Crippen molar-refractivity contribution < 1.29 is 9.90 Å². The standard InChI is InChI=1S/C14H27N3O2/c1-2-17(13(18)19)12-14(5-3-4-6-14)11-16-9-7-15-8-10-16/h15H,2-12H2,1H3,(H,18,19). The van der Waals surface area contributed by atoms with Crippen molar-refractivity contribution in [3.63, 3.8) is 0 Å². The molecule has 0 spiro atoms. The molecule has 1 aliphatic heterocycles. The summed E-state index contributed by atoms with van der Waals surface area (Å²) >= 11 is 0. The van der Waals surface area contributed by atoms with Gasteiger partial charge in [-0.1, -0.05) is 12.8 Å². The third kappa shape index (κ3) is 3.83. The molecule has 0 unspecified atom stereocenters. The Morgan fingerprint density at radius 1 is 1.32 bits per heavy atom. The van der Waals surface area contributed by atoms with Crippen LogP contribution in [-0.4, -0.2) is 66.8 Å². The number of nitrogens with zero attached hydrogens (tertiary/aromatic N) is 2. The second-order valence-corrected chi connectivity index (χ2v) is 6.03. The quantitative estimate of drug-likeness (QED) is 0.793. The minimum absolute atomic E-state index is 0.200. The third-order valence-electron chi connectivity index (χ3n) is 4.61. The lowest BCUT2D eigenvalue weighted by Gasteiger charge is -2.39. The minimum Gasteiger partial charge on any atom is -0.465 e. The lowest BCUT2D eigenvalue weighted by Crippen LogP contribution is -2.51. The van der Waals surface area contributed by atoms with E-state index in [2.05, 4.69) is 10.2 Å². The Kier molecular flexibility index (Phi) is 5.05. The van der Waals surface area contributed by atoms with Crippen LogP contribution in [0.4, 0.5) is 4.79 Å². The smallest absolute Gasteiger partial charge is 0.407 e. The summed E-state index contributed by atoms with van der Waals surface area (Å²) < 4.78 is 0. The zero-order chi connectivity index (χ0) is 13.7. The van der Waals surface area contributed by atoms with Crippen LogP contribution in [0.2, 0.25) is 0 Å². The first-order valence-electron chi connectivity index (χ1n) is 7.56. The second-order valence-electron chi connectivity index (χ2n) is 6.03. The fourth-order valence-corrected chi connectivity index (χ4v) is 3.55. The summed E-state index contributed by atoms with van der Waals surface area (Å²) in [6, 6.07) is 0. The maximum absolute atomic E-state index is 11.3. The second kappa shape index (κ2) is 6.57. The molecule has 1 aliphatic carbocycles. The van der Waals surface area contributed by atoms with Gasteiger partial charge in [-0.15, -0.1) is 0 Å². The fourth-order valence-electron chi connectivity index (χ4n) is 3.55. The monoisotopic (exact) mass is 269 g/mol. The first-order chi connectivity index (χ1) is 9.15. The predicted molar refractivity (Wildman–Crippen MR) is 75.5 cm³/mol. The minimum atomic E-state index is -0.769. The highest BCUT2D eigenvalue weighted by Crippen LogP contribution is 2.39. The molecule has 0 aromatic carbocycles. The van der Waals surface area contributed by atoms with E-state index < -0.39 is 6.09 Å². The van der Waals surface area contributed by atoms with E-state index in [-0.39, 0.29) is 5.41 Å². The van der Waals surface area contributed by atoms with E-state index in [1.165, 1.54) is 25.7 Å². The first kappa shape index (κ1) is 14.6. The Labute approximate surface area is 115 Å². The summed E-state index contributed by atoms with van der Waals surface area (Å²) in [6.07, 6.45) is 4.10. The highest BCUT2D eigenvalue weighted by atomic mass is 16.4. The molecule has 1 amide bonds. The van der Waals surface area contributed by atoms with Crippen molar-refractivity contribution in [3.8, 4) is 0 Å². The van der Waals surface area contributed by atoms with Crippen LogP contribution in [-0.2, 0) is 0 Å². The lowest BCUT2D eigenvalue weighted by atomic mass is 9.84. The Morgan fingerprint density at radius 2 is 1.95 bits per heavy atom. The van der Waals surface area contributed by atoms with Crippen LogP contribution >= 0.6 is 0 Å². The molecular weight excluding hydrogens is 242 g/mol. The van der Waals surface area contributed by atoms with Gasteiger partial charge in [-0.25, -0.2) is 4.79 Å². The van der Waals surface area contributed by atoms with Crippen molar-refractivity contribution in [3.05, 3.63) is 0 Å². The van der Waals surface area contributed by atoms with Gasteiger partial charge in [0.15, 0.2) is 0 Å². The van der Waals surface area contributed by atoms with Gasteiger partial charge in [0.05, 0.1) is 0 Å². The molecule has 0 aromatic rings. The van der Waals surface area contributed by atoms with Crippen LogP contribution in [0, 0.1) is 5.41 Å². The number of carbonyl (C=O) groups is 1. The zero-order valence-electron chi connectivity index (χ0n) is 12.0. The molecule has 5 heteroatoms. The summed E-state index contributed by atoms with van der Waals surface area (Å²) in [5.41, 5.74) is 0.200. The number of nitrogens with one attached hydrogen (secondary N) is 1. The van der Waals surface area contributed by atoms with E-state index >= 15 is 0 Å². The predicted octanol–water partition coefficient (Wildman–Crippen LogP) is 1.45. The van der Waals surface area contributed by atoms with Crippen molar-refractivity contribution in [1.82, 2.24) is 15.1 Å². The topological polar surface area (TPSA) is 55.8 Å². The molecule has 110 valence electrons. The number of piperazine rings is 1. The SMILES string of the molecule is CCN(CC1(CN2CCNCC2)CCCC1)C(=O)O. The van der Waals surface area contributed by atoms with E-state index in [4.69, 9.17) is 0 Å². The van der Waals surface area contributed by atoms with Gasteiger partial charge in [0.1, 0.15) is 0 Å². The van der Waals surface area contributed by atoms with E-state index in [0.717, 1.165) is 32.7 Å². The normalized spacial score (nSPS) is 23.4. The lowest BCUT2D eigenvalue weighted by molar-refractivity contribution is 0.0838. The number of rotatable bonds is 5. The van der Waals surface area contributed by atoms with Gasteiger partial charge in [0.2, 0.25) is 0 Å². The van der Waals surface area contributed by atoms with Crippen LogP contribution in [0.5, 0.6) is 0 Å². The maximum Gasteiger partial charge on any atom is 0.407 e. The summed E-state index contributed by atoms with van der Waals surface area (Å²) in [5.74, 6) is 0. The summed E-state index contributed by atoms with van der Waals surface area (Å²) in [7, 11) is 0. The molecule has 2 rings (SSSR count). The molecule has 5 nitrogen and oxygen atoms in total. The fraction of sp³-hybridized carbons (Fsp3) is 0.929. The zero-order valence-corrected chi connectivity index (χ0v) is 12.0. The molecule has 2 aliphatic rings. The summed E-state index contributed by atoms with van der Waals surface area (Å²) in [5, 5.41) is 12.6. The molecule has 2 fully saturated rings. The molecule has 1 saturated carbocycles. The number of hydrogen-bond donors (Lipinski definition) is 2. The van der Waals surface area contributed by atoms with Crippen molar-refractivity contribution in [2.75, 3.05) is 45.8 Å². The van der Waals surface area contributed by atoms with Crippen molar-refractivity contribution in [2.45, 2.75) is 32.6 Å². The first-order valence-corrected chi connectivity index (χ1v) is 7.56. The summed E-state index contributed by atoms with van der Waals surface area (Å²) in [6.45, 7) is 8.63. The van der Waals surface area contributed by atoms with Gasteiger partial charge >= 0.3 is 6.09 Å². The van der Waals surface area contributed by atoms with Gasteiger partial charge in [-0.2, -0.15) is 0 Å². The van der Waals surface area contributed by atoms with Crippen LogP contribution < -0.4 is 5.32 Å². The van der Waals surface area contributed by atoms with Gasteiger partial charge in [0, 0.05) is 51.2 Å². The molecular formula is C14H27N3O2. The molecule has 1 saturated heterocycles. The van der Waals surface area contributed by atoms with E-state index in [9.17, 15) is 9.90 Å². The summed E-state index contributed by atoms with van der Waals surface area (Å²) in [4.78, 5) is 15.4. The van der Waals surface area contributed by atoms with Crippen LogP contribution in [0.3, 0.4) is 0 Å². The van der Waals surface area contributed by atoms with Crippen molar-refractivity contribution in [1.29, 1.82) is 0 Å². The Balaban J connectivity index is 1.98. The number of carboxylic acid groups (broad SMARTS) is 1. The van der Waals surface area contributed by atoms with Gasteiger partial charge in [-0.3, -0.25) is 0 Å². The molecule has 1 heterocycles. The average molecular weight is 269 g/mol. The van der Waals surface area contributed by atoms with Gasteiger partial charge < -0.3 is 20.2 Å². The molecule has 0 aromatic heterocycles. The van der Waals surface area contributed by atoms with Gasteiger partial charge in [0.25, 0.3) is 0 Å².